The summed E-state index contributed by atoms with van der Waals surface area (Å²) in [5, 5.41) is 10.6. The van der Waals surface area contributed by atoms with Crippen LogP contribution in [0.3, 0.4) is 0 Å². The Morgan fingerprint density at radius 2 is 1.83 bits per heavy atom. The van der Waals surface area contributed by atoms with E-state index in [1.807, 2.05) is 0 Å². The third-order valence-corrected chi connectivity index (χ3v) is 4.86. The molecule has 0 bridgehead atoms. The molecule has 0 fully saturated rings. The van der Waals surface area contributed by atoms with Gasteiger partial charge in [0.05, 0.1) is 12.3 Å². The predicted octanol–water partition coefficient (Wildman–Crippen LogP) is 4.72. The second-order valence-corrected chi connectivity index (χ2v) is 7.49. The van der Waals surface area contributed by atoms with E-state index in [1.54, 1.807) is 11.8 Å². The molecule has 126 valence electrons. The zero-order valence-electron chi connectivity index (χ0n) is 14.9. The average Bonchev–Trinajstić information content (AvgIpc) is 2.77. The summed E-state index contributed by atoms with van der Waals surface area (Å²) in [4.78, 5) is 6.10. The molecule has 0 atom stereocenters. The molecule has 0 radical (unpaired) electrons. The van der Waals surface area contributed by atoms with Gasteiger partial charge in [-0.3, -0.25) is 0 Å². The molecule has 4 heteroatoms. The first-order valence-corrected chi connectivity index (χ1v) is 9.24. The molecule has 2 rings (SSSR count). The number of benzene rings is 1. The quantitative estimate of drug-likeness (QED) is 0.797. The fourth-order valence-corrected chi connectivity index (χ4v) is 4.24. The molecule has 3 nitrogen and oxygen atoms in total. The minimum atomic E-state index is 0.145. The lowest BCUT2D eigenvalue weighted by Crippen LogP contribution is -2.06. The highest BCUT2D eigenvalue weighted by Gasteiger charge is 2.20. The summed E-state index contributed by atoms with van der Waals surface area (Å²) in [5.41, 5.74) is 3.72. The lowest BCUT2D eigenvalue weighted by molar-refractivity contribution is 0.294. The van der Waals surface area contributed by atoms with Crippen LogP contribution in [0, 0.1) is 13.8 Å². The molecular formula is C19H28N2OS. The summed E-state index contributed by atoms with van der Waals surface area (Å²) in [5.74, 6) is 1.38. The Hall–Kier alpha value is -1.26. The zero-order chi connectivity index (χ0) is 17.0. The number of aromatic nitrogens is 2. The van der Waals surface area contributed by atoms with Gasteiger partial charge >= 0.3 is 0 Å². The van der Waals surface area contributed by atoms with Crippen molar-refractivity contribution >= 4 is 11.8 Å². The Balaban J connectivity index is 2.48. The molecule has 1 N–H and O–H groups in total. The maximum Gasteiger partial charge on any atom is 0.112 e. The van der Waals surface area contributed by atoms with E-state index in [4.69, 9.17) is 4.98 Å². The summed E-state index contributed by atoms with van der Waals surface area (Å²) >= 11 is 1.80. The van der Waals surface area contributed by atoms with Crippen LogP contribution in [0.15, 0.2) is 28.1 Å². The third-order valence-electron chi connectivity index (χ3n) is 3.76. The van der Waals surface area contributed by atoms with Crippen LogP contribution >= 0.6 is 11.8 Å². The number of aliphatic hydroxyl groups is 1. The number of hydrogen-bond acceptors (Lipinski definition) is 3. The van der Waals surface area contributed by atoms with Gasteiger partial charge in [0.25, 0.3) is 0 Å². The Kier molecular flexibility index (Phi) is 6.31. The van der Waals surface area contributed by atoms with Crippen LogP contribution < -0.4 is 0 Å². The van der Waals surface area contributed by atoms with Gasteiger partial charge in [-0.05, 0) is 49.4 Å². The number of aliphatic hydroxyl groups excluding tert-OH is 1. The number of aryl methyl sites for hydroxylation is 2. The van der Waals surface area contributed by atoms with Gasteiger partial charge in [0.15, 0.2) is 0 Å². The van der Waals surface area contributed by atoms with Gasteiger partial charge in [0.1, 0.15) is 10.9 Å². The summed E-state index contributed by atoms with van der Waals surface area (Å²) < 4.78 is 2.30. The molecule has 0 aliphatic rings. The van der Waals surface area contributed by atoms with Crippen molar-refractivity contribution in [2.45, 2.75) is 69.8 Å². The van der Waals surface area contributed by atoms with Crippen molar-refractivity contribution in [3.05, 3.63) is 40.8 Å². The minimum Gasteiger partial charge on any atom is -0.396 e. The maximum atomic E-state index is 9.35. The first-order valence-electron chi connectivity index (χ1n) is 8.42. The number of rotatable bonds is 7. The van der Waals surface area contributed by atoms with Gasteiger partial charge in [0.2, 0.25) is 0 Å². The van der Waals surface area contributed by atoms with Crippen LogP contribution in [-0.4, -0.2) is 21.3 Å². The van der Waals surface area contributed by atoms with Crippen molar-refractivity contribution in [2.75, 3.05) is 6.61 Å². The van der Waals surface area contributed by atoms with Gasteiger partial charge in [-0.25, -0.2) is 4.98 Å². The van der Waals surface area contributed by atoms with Crippen LogP contribution in [0.5, 0.6) is 0 Å². The van der Waals surface area contributed by atoms with Gasteiger partial charge < -0.3 is 9.67 Å². The highest BCUT2D eigenvalue weighted by molar-refractivity contribution is 7.99. The largest absolute Gasteiger partial charge is 0.396 e. The van der Waals surface area contributed by atoms with Gasteiger partial charge in [-0.2, -0.15) is 0 Å². The average molecular weight is 333 g/mol. The Morgan fingerprint density at radius 1 is 1.17 bits per heavy atom. The second-order valence-electron chi connectivity index (χ2n) is 6.42. The molecule has 0 saturated carbocycles. The van der Waals surface area contributed by atoms with E-state index >= 15 is 0 Å². The van der Waals surface area contributed by atoms with E-state index < -0.39 is 0 Å². The van der Waals surface area contributed by atoms with Crippen molar-refractivity contribution in [1.29, 1.82) is 0 Å². The Bertz CT molecular complexity index is 641. The first kappa shape index (κ1) is 18.1. The molecule has 0 aliphatic heterocycles. The van der Waals surface area contributed by atoms with Crippen molar-refractivity contribution in [2.24, 2.45) is 0 Å². The molecule has 0 amide bonds. The van der Waals surface area contributed by atoms with E-state index in [0.29, 0.717) is 12.3 Å². The van der Waals surface area contributed by atoms with Crippen molar-refractivity contribution in [1.82, 2.24) is 9.55 Å². The highest BCUT2D eigenvalue weighted by atomic mass is 32.2. The first-order chi connectivity index (χ1) is 11.0. The molecule has 0 saturated heterocycles. The van der Waals surface area contributed by atoms with Crippen LogP contribution in [0.25, 0.3) is 0 Å². The fourth-order valence-electron chi connectivity index (χ4n) is 2.83. The van der Waals surface area contributed by atoms with E-state index in [-0.39, 0.29) is 6.61 Å². The summed E-state index contributed by atoms with van der Waals surface area (Å²) in [6.07, 6.45) is 1.68. The minimum absolute atomic E-state index is 0.145. The van der Waals surface area contributed by atoms with Crippen molar-refractivity contribution < 1.29 is 5.11 Å². The van der Waals surface area contributed by atoms with Crippen LogP contribution in [0.2, 0.25) is 0 Å². The van der Waals surface area contributed by atoms with Gasteiger partial charge in [-0.1, -0.05) is 38.6 Å². The van der Waals surface area contributed by atoms with E-state index in [0.717, 1.165) is 24.5 Å². The highest BCUT2D eigenvalue weighted by Crippen LogP contribution is 2.36. The molecule has 23 heavy (non-hydrogen) atoms. The summed E-state index contributed by atoms with van der Waals surface area (Å²) in [6, 6.07) is 6.67. The maximum absolute atomic E-state index is 9.35. The van der Waals surface area contributed by atoms with E-state index in [2.05, 4.69) is 57.4 Å². The zero-order valence-corrected chi connectivity index (χ0v) is 15.7. The molecule has 1 aromatic carbocycles. The molecule has 0 aliphatic carbocycles. The van der Waals surface area contributed by atoms with Crippen molar-refractivity contribution in [3.63, 3.8) is 0 Å². The standard InChI is InChI=1S/C19H28N2OS/c1-6-8-21-17(7-9-22)20-18(13(2)3)19(21)23-16-11-14(4)10-15(5)12-16/h10-13,22H,6-9H2,1-5H3. The monoisotopic (exact) mass is 332 g/mol. The van der Waals surface area contributed by atoms with E-state index in [9.17, 15) is 5.11 Å². The third kappa shape index (κ3) is 4.39. The van der Waals surface area contributed by atoms with Crippen LogP contribution in [0.4, 0.5) is 0 Å². The molecule has 1 heterocycles. The van der Waals surface area contributed by atoms with Gasteiger partial charge in [0, 0.05) is 17.9 Å². The molecule has 0 spiro atoms. The number of imidazole rings is 1. The topological polar surface area (TPSA) is 38.0 Å². The lowest BCUT2D eigenvalue weighted by atomic mass is 10.1. The SMILES string of the molecule is CCCn1c(CCO)nc(C(C)C)c1Sc1cc(C)cc(C)c1. The normalized spacial score (nSPS) is 11.4. The van der Waals surface area contributed by atoms with Gasteiger partial charge in [-0.15, -0.1) is 0 Å². The molecule has 0 unspecified atom stereocenters. The second kappa shape index (κ2) is 8.02. The van der Waals surface area contributed by atoms with Crippen LogP contribution in [0.1, 0.15) is 55.8 Å². The molecule has 1 aromatic heterocycles. The Labute approximate surface area is 144 Å². The lowest BCUT2D eigenvalue weighted by Gasteiger charge is -2.13. The predicted molar refractivity (Wildman–Crippen MR) is 97.4 cm³/mol. The van der Waals surface area contributed by atoms with Crippen LogP contribution in [-0.2, 0) is 13.0 Å². The fraction of sp³-hybridized carbons (Fsp3) is 0.526. The number of hydrogen-bond donors (Lipinski definition) is 1. The molecule has 2 aromatic rings. The van der Waals surface area contributed by atoms with Crippen molar-refractivity contribution in [3.8, 4) is 0 Å². The Morgan fingerprint density at radius 3 is 2.35 bits per heavy atom. The summed E-state index contributed by atoms with van der Waals surface area (Å²) in [6.45, 7) is 11.9. The smallest absolute Gasteiger partial charge is 0.112 e. The molecular weight excluding hydrogens is 304 g/mol. The van der Waals surface area contributed by atoms with E-state index in [1.165, 1.54) is 21.0 Å². The number of nitrogens with zero attached hydrogens (tertiary/aromatic N) is 2. The summed E-state index contributed by atoms with van der Waals surface area (Å²) in [7, 11) is 0.